The van der Waals surface area contributed by atoms with Crippen LogP contribution in [0.4, 0.5) is 0 Å². The molecule has 0 aliphatic carbocycles. The number of pyridine rings is 1. The Morgan fingerprint density at radius 2 is 2.00 bits per heavy atom. The molecule has 0 fully saturated rings. The van der Waals surface area contributed by atoms with E-state index in [0.717, 1.165) is 23.1 Å². The Morgan fingerprint density at radius 1 is 1.22 bits per heavy atom. The van der Waals surface area contributed by atoms with Crippen LogP contribution in [-0.4, -0.2) is 10.8 Å². The van der Waals surface area contributed by atoms with E-state index in [1.807, 2.05) is 31.2 Å². The summed E-state index contributed by atoms with van der Waals surface area (Å²) in [6.07, 6.45) is 4.39. The summed E-state index contributed by atoms with van der Waals surface area (Å²) in [5, 5.41) is 0.542. The fraction of sp³-hybridized carbons (Fsp3) is 0.200. The highest BCUT2D eigenvalue weighted by atomic mass is 35.5. The van der Waals surface area contributed by atoms with Crippen molar-refractivity contribution in [2.75, 3.05) is 0 Å². The number of rotatable bonds is 4. The molecular formula is C15H14ClNO. The molecule has 0 N–H and O–H groups in total. The molecule has 1 aromatic carbocycles. The van der Waals surface area contributed by atoms with Crippen LogP contribution in [0.1, 0.15) is 28.4 Å². The highest BCUT2D eigenvalue weighted by molar-refractivity contribution is 6.31. The number of carbonyl (C=O) groups excluding carboxylic acids is 1. The van der Waals surface area contributed by atoms with E-state index < -0.39 is 0 Å². The number of hydrogen-bond acceptors (Lipinski definition) is 2. The predicted molar refractivity (Wildman–Crippen MR) is 73.1 cm³/mol. The van der Waals surface area contributed by atoms with Gasteiger partial charge in [0, 0.05) is 24.4 Å². The van der Waals surface area contributed by atoms with Gasteiger partial charge < -0.3 is 0 Å². The van der Waals surface area contributed by atoms with Crippen LogP contribution in [0.5, 0.6) is 0 Å². The van der Waals surface area contributed by atoms with Gasteiger partial charge in [0.1, 0.15) is 0 Å². The van der Waals surface area contributed by atoms with Crippen molar-refractivity contribution in [1.29, 1.82) is 0 Å². The Hall–Kier alpha value is -1.67. The summed E-state index contributed by atoms with van der Waals surface area (Å²) in [5.74, 6) is 0.0977. The molecule has 2 aromatic rings. The molecule has 0 amide bonds. The molecule has 2 rings (SSSR count). The van der Waals surface area contributed by atoms with Crippen molar-refractivity contribution >= 4 is 17.4 Å². The normalized spacial score (nSPS) is 10.3. The second kappa shape index (κ2) is 5.78. The van der Waals surface area contributed by atoms with E-state index in [4.69, 9.17) is 11.6 Å². The number of carbonyl (C=O) groups is 1. The van der Waals surface area contributed by atoms with E-state index in [1.54, 1.807) is 18.5 Å². The van der Waals surface area contributed by atoms with E-state index >= 15 is 0 Å². The zero-order chi connectivity index (χ0) is 13.0. The molecule has 0 aliphatic heterocycles. The first-order valence-corrected chi connectivity index (χ1v) is 6.29. The van der Waals surface area contributed by atoms with Gasteiger partial charge in [0.2, 0.25) is 0 Å². The zero-order valence-electron chi connectivity index (χ0n) is 10.2. The van der Waals surface area contributed by atoms with Gasteiger partial charge in [-0.2, -0.15) is 0 Å². The van der Waals surface area contributed by atoms with Crippen LogP contribution in [0, 0.1) is 0 Å². The van der Waals surface area contributed by atoms with Gasteiger partial charge in [-0.15, -0.1) is 0 Å². The van der Waals surface area contributed by atoms with Crippen LogP contribution < -0.4 is 0 Å². The molecule has 0 bridgehead atoms. The van der Waals surface area contributed by atoms with E-state index in [0.29, 0.717) is 11.4 Å². The minimum Gasteiger partial charge on any atom is -0.294 e. The minimum atomic E-state index is 0.0977. The number of aryl methyl sites for hydroxylation is 1. The summed E-state index contributed by atoms with van der Waals surface area (Å²) >= 11 is 6.01. The molecule has 0 aliphatic rings. The lowest BCUT2D eigenvalue weighted by Crippen LogP contribution is -2.07. The summed E-state index contributed by atoms with van der Waals surface area (Å²) in [5.41, 5.74) is 2.68. The largest absolute Gasteiger partial charge is 0.294 e. The Bertz CT molecular complexity index is 566. The fourth-order valence-electron chi connectivity index (χ4n) is 1.92. The van der Waals surface area contributed by atoms with Crippen molar-refractivity contribution in [1.82, 2.24) is 4.98 Å². The molecule has 0 saturated heterocycles. The maximum atomic E-state index is 12.3. The van der Waals surface area contributed by atoms with Crippen LogP contribution in [0.15, 0.2) is 42.7 Å². The molecular weight excluding hydrogens is 246 g/mol. The number of aromatic nitrogens is 1. The SMILES string of the molecule is CCc1ccccc1C(=O)Cc1ccncc1Cl. The molecule has 1 heterocycles. The maximum absolute atomic E-state index is 12.3. The van der Waals surface area contributed by atoms with E-state index in [1.165, 1.54) is 0 Å². The molecule has 18 heavy (non-hydrogen) atoms. The standard InChI is InChI=1S/C15H14ClNO/c1-2-11-5-3-4-6-13(11)15(18)9-12-7-8-17-10-14(12)16/h3-8,10H,2,9H2,1H3. The summed E-state index contributed by atoms with van der Waals surface area (Å²) in [6, 6.07) is 9.49. The van der Waals surface area contributed by atoms with Crippen molar-refractivity contribution in [2.45, 2.75) is 19.8 Å². The Balaban J connectivity index is 2.25. The molecule has 0 saturated carbocycles. The van der Waals surface area contributed by atoms with Gasteiger partial charge in [-0.1, -0.05) is 42.8 Å². The molecule has 3 heteroatoms. The van der Waals surface area contributed by atoms with Crippen molar-refractivity contribution in [3.8, 4) is 0 Å². The maximum Gasteiger partial charge on any atom is 0.167 e. The molecule has 2 nitrogen and oxygen atoms in total. The molecule has 1 aromatic heterocycles. The highest BCUT2D eigenvalue weighted by Gasteiger charge is 2.12. The van der Waals surface area contributed by atoms with Crippen LogP contribution in [-0.2, 0) is 12.8 Å². The van der Waals surface area contributed by atoms with Gasteiger partial charge in [0.15, 0.2) is 5.78 Å². The number of hydrogen-bond donors (Lipinski definition) is 0. The van der Waals surface area contributed by atoms with E-state index in [-0.39, 0.29) is 5.78 Å². The lowest BCUT2D eigenvalue weighted by molar-refractivity contribution is 0.0992. The Morgan fingerprint density at radius 3 is 2.72 bits per heavy atom. The third kappa shape index (κ3) is 2.77. The summed E-state index contributed by atoms with van der Waals surface area (Å²) in [4.78, 5) is 16.2. The number of benzene rings is 1. The second-order valence-corrected chi connectivity index (χ2v) is 4.48. The number of Topliss-reactive ketones (excluding diaryl/α,β-unsaturated/α-hetero) is 1. The van der Waals surface area contributed by atoms with Crippen molar-refractivity contribution in [3.05, 3.63) is 64.4 Å². The molecule has 0 atom stereocenters. The lowest BCUT2D eigenvalue weighted by Gasteiger charge is -2.07. The van der Waals surface area contributed by atoms with Crippen LogP contribution >= 0.6 is 11.6 Å². The highest BCUT2D eigenvalue weighted by Crippen LogP contribution is 2.18. The van der Waals surface area contributed by atoms with Gasteiger partial charge in [0.25, 0.3) is 0 Å². The topological polar surface area (TPSA) is 30.0 Å². The summed E-state index contributed by atoms with van der Waals surface area (Å²) in [7, 11) is 0. The first-order valence-electron chi connectivity index (χ1n) is 5.92. The van der Waals surface area contributed by atoms with Gasteiger partial charge >= 0.3 is 0 Å². The smallest absolute Gasteiger partial charge is 0.167 e. The number of ketones is 1. The van der Waals surface area contributed by atoms with Crippen molar-refractivity contribution < 1.29 is 4.79 Å². The first-order chi connectivity index (χ1) is 8.72. The zero-order valence-corrected chi connectivity index (χ0v) is 10.9. The van der Waals surface area contributed by atoms with E-state index in [2.05, 4.69) is 4.98 Å². The molecule has 0 radical (unpaired) electrons. The average Bonchev–Trinajstić information content (AvgIpc) is 2.41. The number of nitrogens with zero attached hydrogens (tertiary/aromatic N) is 1. The van der Waals surface area contributed by atoms with Crippen molar-refractivity contribution in [3.63, 3.8) is 0 Å². The van der Waals surface area contributed by atoms with Crippen LogP contribution in [0.3, 0.4) is 0 Å². The lowest BCUT2D eigenvalue weighted by atomic mass is 9.98. The van der Waals surface area contributed by atoms with Crippen LogP contribution in [0.25, 0.3) is 0 Å². The predicted octanol–water partition coefficient (Wildman–Crippen LogP) is 3.72. The van der Waals surface area contributed by atoms with E-state index in [9.17, 15) is 4.79 Å². The van der Waals surface area contributed by atoms with Gasteiger partial charge in [0.05, 0.1) is 5.02 Å². The third-order valence-corrected chi connectivity index (χ3v) is 3.25. The quantitative estimate of drug-likeness (QED) is 0.784. The average molecular weight is 260 g/mol. The molecule has 0 spiro atoms. The number of halogens is 1. The Kier molecular flexibility index (Phi) is 4.11. The second-order valence-electron chi connectivity index (χ2n) is 4.08. The fourth-order valence-corrected chi connectivity index (χ4v) is 2.10. The van der Waals surface area contributed by atoms with Crippen molar-refractivity contribution in [2.24, 2.45) is 0 Å². The van der Waals surface area contributed by atoms with Gasteiger partial charge in [-0.3, -0.25) is 9.78 Å². The first kappa shape index (κ1) is 12.8. The molecule has 92 valence electrons. The third-order valence-electron chi connectivity index (χ3n) is 2.91. The van der Waals surface area contributed by atoms with Gasteiger partial charge in [-0.05, 0) is 23.6 Å². The summed E-state index contributed by atoms with van der Waals surface area (Å²) < 4.78 is 0. The summed E-state index contributed by atoms with van der Waals surface area (Å²) in [6.45, 7) is 2.05. The Labute approximate surface area is 112 Å². The monoisotopic (exact) mass is 259 g/mol. The van der Waals surface area contributed by atoms with Gasteiger partial charge in [-0.25, -0.2) is 0 Å². The molecule has 0 unspecified atom stereocenters. The minimum absolute atomic E-state index is 0.0977. The van der Waals surface area contributed by atoms with Crippen LogP contribution in [0.2, 0.25) is 5.02 Å².